The van der Waals surface area contributed by atoms with Gasteiger partial charge < -0.3 is 15.3 Å². The van der Waals surface area contributed by atoms with Gasteiger partial charge in [-0.05, 0) is 12.5 Å². The molecule has 2 aliphatic heterocycles. The Morgan fingerprint density at radius 3 is 3.21 bits per heavy atom. The van der Waals surface area contributed by atoms with E-state index in [0.29, 0.717) is 0 Å². The Balaban J connectivity index is 2.19. The number of nitrogens with zero attached hydrogens (tertiary/aromatic N) is 1. The molecule has 1 atom stereocenters. The summed E-state index contributed by atoms with van der Waals surface area (Å²) in [5, 5.41) is 13.2. The molecule has 1 aromatic carbocycles. The van der Waals surface area contributed by atoms with E-state index in [9.17, 15) is 5.11 Å². The van der Waals surface area contributed by atoms with Crippen molar-refractivity contribution in [3.63, 3.8) is 0 Å². The molecular weight excluding hydrogens is 176 g/mol. The molecule has 74 valence electrons. The van der Waals surface area contributed by atoms with Gasteiger partial charge in [-0.25, -0.2) is 0 Å². The Morgan fingerprint density at radius 1 is 1.36 bits per heavy atom. The molecule has 0 aromatic heterocycles. The molecule has 0 bridgehead atoms. The number of hydrogen-bond donors (Lipinski definition) is 2. The lowest BCUT2D eigenvalue weighted by molar-refractivity contribution is 0.164. The van der Waals surface area contributed by atoms with Crippen molar-refractivity contribution in [2.45, 2.75) is 12.5 Å². The van der Waals surface area contributed by atoms with Gasteiger partial charge in [-0.15, -0.1) is 0 Å². The second kappa shape index (κ2) is 2.89. The molecule has 0 spiro atoms. The maximum atomic E-state index is 9.87. The van der Waals surface area contributed by atoms with Gasteiger partial charge in [-0.1, -0.05) is 12.1 Å². The highest BCUT2D eigenvalue weighted by atomic mass is 16.3. The fourth-order valence-corrected chi connectivity index (χ4v) is 2.42. The van der Waals surface area contributed by atoms with Gasteiger partial charge in [-0.2, -0.15) is 0 Å². The summed E-state index contributed by atoms with van der Waals surface area (Å²) in [4.78, 5) is 2.37. The van der Waals surface area contributed by atoms with E-state index >= 15 is 0 Å². The van der Waals surface area contributed by atoms with Crippen LogP contribution in [0.15, 0.2) is 18.2 Å². The largest absolute Gasteiger partial charge is 0.388 e. The Labute approximate surface area is 83.3 Å². The van der Waals surface area contributed by atoms with Gasteiger partial charge in [-0.3, -0.25) is 0 Å². The van der Waals surface area contributed by atoms with Crippen LogP contribution in [0.3, 0.4) is 0 Å². The SMILES string of the molecule is OC1CCN2CCNc3cccc1c32. The molecule has 0 fully saturated rings. The van der Waals surface area contributed by atoms with E-state index in [0.717, 1.165) is 31.6 Å². The third-order valence-electron chi connectivity index (χ3n) is 3.11. The summed E-state index contributed by atoms with van der Waals surface area (Å²) in [5.74, 6) is 0. The van der Waals surface area contributed by atoms with E-state index in [2.05, 4.69) is 16.3 Å². The third kappa shape index (κ3) is 1.02. The lowest BCUT2D eigenvalue weighted by Crippen LogP contribution is -2.38. The summed E-state index contributed by atoms with van der Waals surface area (Å²) in [5.41, 5.74) is 3.48. The molecule has 0 aliphatic carbocycles. The van der Waals surface area contributed by atoms with Crippen LogP contribution < -0.4 is 10.2 Å². The van der Waals surface area contributed by atoms with Gasteiger partial charge in [0.15, 0.2) is 0 Å². The Kier molecular flexibility index (Phi) is 1.67. The van der Waals surface area contributed by atoms with Crippen molar-refractivity contribution < 1.29 is 5.11 Å². The number of aliphatic hydroxyl groups excluding tert-OH is 1. The smallest absolute Gasteiger partial charge is 0.0827 e. The molecule has 2 heterocycles. The Bertz CT molecular complexity index is 364. The monoisotopic (exact) mass is 190 g/mol. The van der Waals surface area contributed by atoms with Crippen LogP contribution in [0, 0.1) is 0 Å². The zero-order chi connectivity index (χ0) is 9.54. The Hall–Kier alpha value is -1.22. The predicted octanol–water partition coefficient (Wildman–Crippen LogP) is 1.36. The molecule has 1 aromatic rings. The number of hydrogen-bond acceptors (Lipinski definition) is 3. The third-order valence-corrected chi connectivity index (χ3v) is 3.11. The minimum Gasteiger partial charge on any atom is -0.388 e. The van der Waals surface area contributed by atoms with E-state index in [1.807, 2.05) is 12.1 Å². The van der Waals surface area contributed by atoms with Crippen molar-refractivity contribution in [3.05, 3.63) is 23.8 Å². The quantitative estimate of drug-likeness (QED) is 0.648. The van der Waals surface area contributed by atoms with Gasteiger partial charge in [0.1, 0.15) is 0 Å². The van der Waals surface area contributed by atoms with Gasteiger partial charge in [0.05, 0.1) is 17.5 Å². The first kappa shape index (κ1) is 8.12. The molecule has 0 saturated heterocycles. The first-order chi connectivity index (χ1) is 6.86. The molecule has 2 aliphatic rings. The van der Waals surface area contributed by atoms with Crippen LogP contribution in [0.1, 0.15) is 18.1 Å². The number of para-hydroxylation sites is 1. The van der Waals surface area contributed by atoms with Crippen molar-refractivity contribution in [2.75, 3.05) is 29.9 Å². The summed E-state index contributed by atoms with van der Waals surface area (Å²) in [6.07, 6.45) is 0.581. The van der Waals surface area contributed by atoms with E-state index in [1.54, 1.807) is 0 Å². The molecule has 3 nitrogen and oxygen atoms in total. The number of rotatable bonds is 0. The van der Waals surface area contributed by atoms with Crippen molar-refractivity contribution in [1.29, 1.82) is 0 Å². The van der Waals surface area contributed by atoms with Crippen LogP contribution in [0.5, 0.6) is 0 Å². The van der Waals surface area contributed by atoms with E-state index in [4.69, 9.17) is 0 Å². The molecule has 3 heteroatoms. The van der Waals surface area contributed by atoms with Crippen LogP contribution in [0.25, 0.3) is 0 Å². The average molecular weight is 190 g/mol. The molecule has 1 unspecified atom stereocenters. The van der Waals surface area contributed by atoms with E-state index in [1.165, 1.54) is 11.4 Å². The van der Waals surface area contributed by atoms with E-state index in [-0.39, 0.29) is 6.10 Å². The molecule has 0 radical (unpaired) electrons. The van der Waals surface area contributed by atoms with Crippen LogP contribution in [-0.2, 0) is 0 Å². The zero-order valence-electron chi connectivity index (χ0n) is 8.03. The van der Waals surface area contributed by atoms with Crippen LogP contribution >= 0.6 is 0 Å². The van der Waals surface area contributed by atoms with Crippen molar-refractivity contribution in [2.24, 2.45) is 0 Å². The minimum atomic E-state index is -0.277. The fourth-order valence-electron chi connectivity index (χ4n) is 2.42. The Morgan fingerprint density at radius 2 is 2.29 bits per heavy atom. The van der Waals surface area contributed by atoms with Gasteiger partial charge in [0, 0.05) is 25.2 Å². The highest BCUT2D eigenvalue weighted by Crippen LogP contribution is 2.40. The highest BCUT2D eigenvalue weighted by Gasteiger charge is 2.27. The maximum absolute atomic E-state index is 9.87. The van der Waals surface area contributed by atoms with E-state index < -0.39 is 0 Å². The highest BCUT2D eigenvalue weighted by molar-refractivity contribution is 5.76. The van der Waals surface area contributed by atoms with Crippen LogP contribution in [0.2, 0.25) is 0 Å². The maximum Gasteiger partial charge on any atom is 0.0827 e. The predicted molar refractivity (Wildman–Crippen MR) is 56.7 cm³/mol. The minimum absolute atomic E-state index is 0.277. The summed E-state index contributed by atoms with van der Waals surface area (Å²) in [6.45, 7) is 3.04. The van der Waals surface area contributed by atoms with Crippen LogP contribution in [0.4, 0.5) is 11.4 Å². The van der Waals surface area contributed by atoms with Crippen LogP contribution in [-0.4, -0.2) is 24.7 Å². The first-order valence-electron chi connectivity index (χ1n) is 5.16. The van der Waals surface area contributed by atoms with Gasteiger partial charge in [0.2, 0.25) is 0 Å². The van der Waals surface area contributed by atoms with Crippen molar-refractivity contribution in [3.8, 4) is 0 Å². The normalized spacial score (nSPS) is 24.1. The van der Waals surface area contributed by atoms with Crippen molar-refractivity contribution >= 4 is 11.4 Å². The molecule has 3 rings (SSSR count). The second-order valence-corrected chi connectivity index (χ2v) is 3.96. The number of nitrogens with one attached hydrogen (secondary N) is 1. The summed E-state index contributed by atoms with van der Waals surface area (Å²) < 4.78 is 0. The number of anilines is 2. The van der Waals surface area contributed by atoms with Gasteiger partial charge >= 0.3 is 0 Å². The molecule has 14 heavy (non-hydrogen) atoms. The fraction of sp³-hybridized carbons (Fsp3) is 0.455. The van der Waals surface area contributed by atoms with Gasteiger partial charge in [0.25, 0.3) is 0 Å². The summed E-state index contributed by atoms with van der Waals surface area (Å²) in [7, 11) is 0. The molecule has 0 amide bonds. The zero-order valence-corrected chi connectivity index (χ0v) is 8.03. The molecular formula is C11H14N2O. The van der Waals surface area contributed by atoms with Crippen molar-refractivity contribution in [1.82, 2.24) is 0 Å². The molecule has 2 N–H and O–H groups in total. The lowest BCUT2D eigenvalue weighted by atomic mass is 9.96. The average Bonchev–Trinajstić information content (AvgIpc) is 2.24. The summed E-state index contributed by atoms with van der Waals surface area (Å²) in [6, 6.07) is 6.13. The topological polar surface area (TPSA) is 35.5 Å². The summed E-state index contributed by atoms with van der Waals surface area (Å²) >= 11 is 0. The standard InChI is InChI=1S/C11H14N2O/c14-10-4-6-13-7-5-12-9-3-1-2-8(10)11(9)13/h1-3,10,12,14H,4-7H2. The number of benzene rings is 1. The number of aliphatic hydroxyl groups is 1. The lowest BCUT2D eigenvalue weighted by Gasteiger charge is -2.38. The molecule has 0 saturated carbocycles. The second-order valence-electron chi connectivity index (χ2n) is 3.96. The first-order valence-corrected chi connectivity index (χ1v) is 5.16.